The molecule has 0 atom stereocenters. The van der Waals surface area contributed by atoms with Crippen molar-refractivity contribution in [1.82, 2.24) is 9.97 Å². The summed E-state index contributed by atoms with van der Waals surface area (Å²) in [6.45, 7) is 0. The van der Waals surface area contributed by atoms with Gasteiger partial charge in [-0.15, -0.1) is 0 Å². The minimum atomic E-state index is 0.714. The summed E-state index contributed by atoms with van der Waals surface area (Å²) in [5, 5.41) is 4.66. The summed E-state index contributed by atoms with van der Waals surface area (Å²) in [6.07, 6.45) is 0. The number of para-hydroxylation sites is 1. The molecular formula is C44H28N2O. The van der Waals surface area contributed by atoms with Gasteiger partial charge in [-0.05, 0) is 51.2 Å². The Bertz CT molecular complexity index is 2540. The molecule has 3 nitrogen and oxygen atoms in total. The molecule has 0 radical (unpaired) electrons. The highest BCUT2D eigenvalue weighted by Gasteiger charge is 2.14. The maximum absolute atomic E-state index is 6.13. The SMILES string of the molecule is c1ccc(-c2nc(-c3ccc(-c4ccc(-c5cccc6oc7ccccc7c56)cc4)cc3)cc(-c3cccc4ccccc34)n2)cc1. The third kappa shape index (κ3) is 4.86. The third-order valence-corrected chi connectivity index (χ3v) is 8.94. The summed E-state index contributed by atoms with van der Waals surface area (Å²) in [5.41, 5.74) is 11.4. The van der Waals surface area contributed by atoms with Gasteiger partial charge in [0.2, 0.25) is 0 Å². The van der Waals surface area contributed by atoms with Crippen LogP contribution in [0, 0.1) is 0 Å². The van der Waals surface area contributed by atoms with E-state index in [4.69, 9.17) is 14.4 Å². The predicted molar refractivity (Wildman–Crippen MR) is 194 cm³/mol. The number of hydrogen-bond acceptors (Lipinski definition) is 3. The van der Waals surface area contributed by atoms with Gasteiger partial charge in [0, 0.05) is 27.5 Å². The lowest BCUT2D eigenvalue weighted by molar-refractivity contribution is 0.669. The molecule has 0 saturated heterocycles. The van der Waals surface area contributed by atoms with Crippen LogP contribution in [-0.2, 0) is 0 Å². The van der Waals surface area contributed by atoms with Gasteiger partial charge in [-0.2, -0.15) is 0 Å². The van der Waals surface area contributed by atoms with E-state index >= 15 is 0 Å². The molecule has 0 N–H and O–H groups in total. The Balaban J connectivity index is 1.08. The van der Waals surface area contributed by atoms with E-state index in [1.165, 1.54) is 16.3 Å². The van der Waals surface area contributed by atoms with E-state index in [1.807, 2.05) is 36.4 Å². The Kier molecular flexibility index (Phi) is 6.46. The summed E-state index contributed by atoms with van der Waals surface area (Å²) >= 11 is 0. The fourth-order valence-electron chi connectivity index (χ4n) is 6.59. The molecule has 2 aromatic heterocycles. The minimum absolute atomic E-state index is 0.714. The Hall–Kier alpha value is -6.32. The van der Waals surface area contributed by atoms with Crippen molar-refractivity contribution in [2.75, 3.05) is 0 Å². The van der Waals surface area contributed by atoms with Crippen LogP contribution < -0.4 is 0 Å². The number of aromatic nitrogens is 2. The van der Waals surface area contributed by atoms with Crippen molar-refractivity contribution in [3.63, 3.8) is 0 Å². The highest BCUT2D eigenvalue weighted by molar-refractivity contribution is 6.12. The molecule has 0 bridgehead atoms. The van der Waals surface area contributed by atoms with E-state index in [0.717, 1.165) is 66.7 Å². The highest BCUT2D eigenvalue weighted by Crippen LogP contribution is 2.38. The Morgan fingerprint density at radius 1 is 0.362 bits per heavy atom. The molecule has 0 aliphatic heterocycles. The minimum Gasteiger partial charge on any atom is -0.456 e. The second-order valence-corrected chi connectivity index (χ2v) is 11.8. The molecule has 0 saturated carbocycles. The van der Waals surface area contributed by atoms with E-state index in [9.17, 15) is 0 Å². The molecule has 7 aromatic carbocycles. The molecular weight excluding hydrogens is 572 g/mol. The van der Waals surface area contributed by atoms with Crippen LogP contribution in [0.4, 0.5) is 0 Å². The topological polar surface area (TPSA) is 38.9 Å². The smallest absolute Gasteiger partial charge is 0.160 e. The fraction of sp³-hybridized carbons (Fsp3) is 0. The molecule has 2 heterocycles. The van der Waals surface area contributed by atoms with Gasteiger partial charge in [0.15, 0.2) is 5.82 Å². The Morgan fingerprint density at radius 2 is 0.936 bits per heavy atom. The molecule has 47 heavy (non-hydrogen) atoms. The van der Waals surface area contributed by atoms with Crippen molar-refractivity contribution in [1.29, 1.82) is 0 Å². The quantitative estimate of drug-likeness (QED) is 0.197. The van der Waals surface area contributed by atoms with Crippen molar-refractivity contribution in [3.8, 4) is 56.2 Å². The van der Waals surface area contributed by atoms with Gasteiger partial charge in [-0.25, -0.2) is 9.97 Å². The van der Waals surface area contributed by atoms with E-state index < -0.39 is 0 Å². The molecule has 0 fully saturated rings. The number of rotatable bonds is 5. The normalized spacial score (nSPS) is 11.4. The van der Waals surface area contributed by atoms with Gasteiger partial charge in [-0.3, -0.25) is 0 Å². The standard InChI is InChI=1S/C44H28N2O/c1-2-11-34(12-3-1)44-45-39(28-40(46-44)37-17-8-13-31-10-4-5-14-35(31)37)33-26-22-30(23-27-33)29-20-24-32(25-21-29)36-16-9-19-42-43(36)38-15-6-7-18-41(38)47-42/h1-28H. The summed E-state index contributed by atoms with van der Waals surface area (Å²) in [7, 11) is 0. The number of fused-ring (bicyclic) bond motifs is 4. The first-order valence-electron chi connectivity index (χ1n) is 15.8. The number of hydrogen-bond donors (Lipinski definition) is 0. The van der Waals surface area contributed by atoms with E-state index in [0.29, 0.717) is 5.82 Å². The lowest BCUT2D eigenvalue weighted by Crippen LogP contribution is -1.96. The zero-order chi connectivity index (χ0) is 31.2. The molecule has 0 aliphatic carbocycles. The molecule has 220 valence electrons. The largest absolute Gasteiger partial charge is 0.456 e. The van der Waals surface area contributed by atoms with Crippen molar-refractivity contribution in [2.24, 2.45) is 0 Å². The second kappa shape index (κ2) is 11.2. The van der Waals surface area contributed by atoms with Crippen LogP contribution in [0.3, 0.4) is 0 Å². The Labute approximate surface area is 272 Å². The lowest BCUT2D eigenvalue weighted by Gasteiger charge is -2.12. The van der Waals surface area contributed by atoms with Gasteiger partial charge in [0.25, 0.3) is 0 Å². The highest BCUT2D eigenvalue weighted by atomic mass is 16.3. The first kappa shape index (κ1) is 27.0. The van der Waals surface area contributed by atoms with Gasteiger partial charge >= 0.3 is 0 Å². The first-order valence-corrected chi connectivity index (χ1v) is 15.8. The fourth-order valence-corrected chi connectivity index (χ4v) is 6.59. The second-order valence-electron chi connectivity index (χ2n) is 11.8. The predicted octanol–water partition coefficient (Wildman–Crippen LogP) is 11.9. The zero-order valence-electron chi connectivity index (χ0n) is 25.5. The number of furan rings is 1. The van der Waals surface area contributed by atoms with E-state index in [2.05, 4.69) is 133 Å². The van der Waals surface area contributed by atoms with Crippen molar-refractivity contribution >= 4 is 32.7 Å². The van der Waals surface area contributed by atoms with E-state index in [-0.39, 0.29) is 0 Å². The molecule has 0 amide bonds. The lowest BCUT2D eigenvalue weighted by atomic mass is 9.96. The van der Waals surface area contributed by atoms with Crippen LogP contribution in [0.25, 0.3) is 88.9 Å². The molecule has 0 aliphatic rings. The van der Waals surface area contributed by atoms with Crippen LogP contribution in [0.2, 0.25) is 0 Å². The average Bonchev–Trinajstić information content (AvgIpc) is 3.54. The molecule has 0 spiro atoms. The molecule has 0 unspecified atom stereocenters. The van der Waals surface area contributed by atoms with Crippen LogP contribution in [0.1, 0.15) is 0 Å². The van der Waals surface area contributed by atoms with Crippen LogP contribution >= 0.6 is 0 Å². The monoisotopic (exact) mass is 600 g/mol. The van der Waals surface area contributed by atoms with Crippen molar-refractivity contribution in [2.45, 2.75) is 0 Å². The van der Waals surface area contributed by atoms with Crippen molar-refractivity contribution < 1.29 is 4.42 Å². The average molecular weight is 601 g/mol. The van der Waals surface area contributed by atoms with Crippen LogP contribution in [-0.4, -0.2) is 9.97 Å². The summed E-state index contributed by atoms with van der Waals surface area (Å²) in [5.74, 6) is 0.714. The van der Waals surface area contributed by atoms with Crippen LogP contribution in [0.15, 0.2) is 174 Å². The maximum Gasteiger partial charge on any atom is 0.160 e. The molecule has 9 rings (SSSR count). The Morgan fingerprint density at radius 3 is 1.74 bits per heavy atom. The maximum atomic E-state index is 6.13. The van der Waals surface area contributed by atoms with Gasteiger partial charge in [-0.1, -0.05) is 152 Å². The molecule has 3 heteroatoms. The summed E-state index contributed by atoms with van der Waals surface area (Å²) in [4.78, 5) is 10.1. The number of nitrogens with zero attached hydrogens (tertiary/aromatic N) is 2. The van der Waals surface area contributed by atoms with Gasteiger partial charge in [0.05, 0.1) is 11.4 Å². The third-order valence-electron chi connectivity index (χ3n) is 8.94. The summed E-state index contributed by atoms with van der Waals surface area (Å²) < 4.78 is 6.13. The van der Waals surface area contributed by atoms with Gasteiger partial charge in [0.1, 0.15) is 11.2 Å². The zero-order valence-corrected chi connectivity index (χ0v) is 25.5. The van der Waals surface area contributed by atoms with Crippen molar-refractivity contribution in [3.05, 3.63) is 170 Å². The number of benzene rings is 7. The summed E-state index contributed by atoms with van der Waals surface area (Å²) in [6, 6.07) is 59.1. The van der Waals surface area contributed by atoms with Crippen LogP contribution in [0.5, 0.6) is 0 Å². The van der Waals surface area contributed by atoms with E-state index in [1.54, 1.807) is 0 Å². The molecule has 9 aromatic rings. The first-order chi connectivity index (χ1) is 23.3. The van der Waals surface area contributed by atoms with Gasteiger partial charge < -0.3 is 4.42 Å².